The lowest BCUT2D eigenvalue weighted by Gasteiger charge is -2.04. The lowest BCUT2D eigenvalue weighted by molar-refractivity contribution is -0.143. The van der Waals surface area contributed by atoms with Crippen LogP contribution in [-0.4, -0.2) is 33.4 Å². The molecular weight excluding hydrogens is 312 g/mol. The highest BCUT2D eigenvalue weighted by Crippen LogP contribution is 2.18. The highest BCUT2D eigenvalue weighted by molar-refractivity contribution is 5.89. The lowest BCUT2D eigenvalue weighted by atomic mass is 10.2. The molecule has 7 nitrogen and oxygen atoms in total. The Kier molecular flexibility index (Phi) is 6.36. The Morgan fingerprint density at radius 1 is 1.25 bits per heavy atom. The van der Waals surface area contributed by atoms with E-state index in [4.69, 9.17) is 9.47 Å². The van der Waals surface area contributed by atoms with E-state index in [1.165, 1.54) is 10.9 Å². The Hall–Kier alpha value is -2.83. The average Bonchev–Trinajstić information content (AvgIpc) is 2.98. The quantitative estimate of drug-likeness (QED) is 0.710. The van der Waals surface area contributed by atoms with Gasteiger partial charge in [0.2, 0.25) is 5.88 Å². The number of nitrogens with zero attached hydrogens (tertiary/aromatic N) is 2. The van der Waals surface area contributed by atoms with Crippen molar-refractivity contribution < 1.29 is 24.2 Å². The summed E-state index contributed by atoms with van der Waals surface area (Å²) in [6, 6.07) is 9.42. The van der Waals surface area contributed by atoms with Crippen molar-refractivity contribution in [3.63, 3.8) is 0 Å². The predicted octanol–water partition coefficient (Wildman–Crippen LogP) is 2.50. The fourth-order valence-corrected chi connectivity index (χ4v) is 2.12. The van der Waals surface area contributed by atoms with Crippen LogP contribution in [0.25, 0.3) is 0 Å². The molecule has 0 saturated heterocycles. The summed E-state index contributed by atoms with van der Waals surface area (Å²) in [6.07, 6.45) is 2.18. The van der Waals surface area contributed by atoms with Crippen LogP contribution in [0.3, 0.4) is 0 Å². The largest absolute Gasteiger partial charge is 0.477 e. The molecule has 1 heterocycles. The van der Waals surface area contributed by atoms with E-state index in [0.717, 1.165) is 5.56 Å². The van der Waals surface area contributed by atoms with Crippen LogP contribution >= 0.6 is 0 Å². The Morgan fingerprint density at radius 3 is 2.67 bits per heavy atom. The summed E-state index contributed by atoms with van der Waals surface area (Å²) in [7, 11) is 0. The number of aromatic nitrogens is 2. The number of benzene rings is 1. The first kappa shape index (κ1) is 17.5. The Labute approximate surface area is 139 Å². The van der Waals surface area contributed by atoms with Crippen molar-refractivity contribution in [2.75, 3.05) is 6.61 Å². The van der Waals surface area contributed by atoms with E-state index in [-0.39, 0.29) is 30.4 Å². The van der Waals surface area contributed by atoms with Gasteiger partial charge in [0.15, 0.2) is 0 Å². The zero-order chi connectivity index (χ0) is 17.4. The van der Waals surface area contributed by atoms with Crippen molar-refractivity contribution in [2.45, 2.75) is 32.9 Å². The van der Waals surface area contributed by atoms with Gasteiger partial charge < -0.3 is 14.6 Å². The zero-order valence-electron chi connectivity index (χ0n) is 13.5. The average molecular weight is 332 g/mol. The van der Waals surface area contributed by atoms with Crippen LogP contribution in [0.5, 0.6) is 5.88 Å². The zero-order valence-corrected chi connectivity index (χ0v) is 13.5. The van der Waals surface area contributed by atoms with Gasteiger partial charge in [-0.1, -0.05) is 30.3 Å². The number of ether oxygens (including phenoxy) is 2. The third-order valence-corrected chi connectivity index (χ3v) is 3.25. The fourth-order valence-electron chi connectivity index (χ4n) is 2.12. The molecule has 0 radical (unpaired) electrons. The van der Waals surface area contributed by atoms with Crippen LogP contribution < -0.4 is 4.74 Å². The van der Waals surface area contributed by atoms with E-state index in [1.54, 1.807) is 6.92 Å². The number of carbonyl (C=O) groups is 2. The van der Waals surface area contributed by atoms with Gasteiger partial charge in [0.05, 0.1) is 6.61 Å². The molecule has 0 bridgehead atoms. The second kappa shape index (κ2) is 8.71. The number of aryl methyl sites for hydroxylation is 1. The van der Waals surface area contributed by atoms with Crippen LogP contribution in [0.2, 0.25) is 0 Å². The van der Waals surface area contributed by atoms with Gasteiger partial charge in [0.25, 0.3) is 0 Å². The predicted molar refractivity (Wildman–Crippen MR) is 85.8 cm³/mol. The number of aromatic carboxylic acids is 1. The van der Waals surface area contributed by atoms with E-state index in [1.807, 2.05) is 30.3 Å². The second-order valence-corrected chi connectivity index (χ2v) is 5.10. The summed E-state index contributed by atoms with van der Waals surface area (Å²) in [5, 5.41) is 13.4. The molecule has 0 atom stereocenters. The minimum absolute atomic E-state index is 0.00191. The third-order valence-electron chi connectivity index (χ3n) is 3.25. The molecule has 1 N–H and O–H groups in total. The van der Waals surface area contributed by atoms with E-state index in [9.17, 15) is 14.7 Å². The highest BCUT2D eigenvalue weighted by atomic mass is 16.5. The minimum atomic E-state index is -1.10. The highest BCUT2D eigenvalue weighted by Gasteiger charge is 2.17. The van der Waals surface area contributed by atoms with Gasteiger partial charge in [0.1, 0.15) is 12.2 Å². The maximum Gasteiger partial charge on any atom is 0.342 e. The van der Waals surface area contributed by atoms with Gasteiger partial charge in [-0.2, -0.15) is 0 Å². The van der Waals surface area contributed by atoms with Crippen LogP contribution in [0, 0.1) is 0 Å². The van der Waals surface area contributed by atoms with Crippen molar-refractivity contribution in [1.29, 1.82) is 0 Å². The first-order valence-electron chi connectivity index (χ1n) is 7.73. The third kappa shape index (κ3) is 5.12. The normalized spacial score (nSPS) is 10.4. The van der Waals surface area contributed by atoms with Crippen LogP contribution in [-0.2, 0) is 22.7 Å². The van der Waals surface area contributed by atoms with E-state index in [2.05, 4.69) is 5.10 Å². The molecule has 1 aromatic heterocycles. The molecule has 2 aromatic rings. The lowest BCUT2D eigenvalue weighted by Crippen LogP contribution is -2.06. The number of hydrogen-bond acceptors (Lipinski definition) is 5. The molecule has 0 amide bonds. The summed E-state index contributed by atoms with van der Waals surface area (Å²) in [4.78, 5) is 22.6. The molecule has 0 aliphatic heterocycles. The summed E-state index contributed by atoms with van der Waals surface area (Å²) in [5.74, 6) is -1.30. The summed E-state index contributed by atoms with van der Waals surface area (Å²) in [6.45, 7) is 2.75. The summed E-state index contributed by atoms with van der Waals surface area (Å²) in [5.41, 5.74) is 0.924. The molecule has 2 rings (SSSR count). The van der Waals surface area contributed by atoms with Crippen LogP contribution in [0.15, 0.2) is 36.5 Å². The van der Waals surface area contributed by atoms with Crippen molar-refractivity contribution in [2.24, 2.45) is 0 Å². The number of esters is 1. The molecule has 128 valence electrons. The Bertz CT molecular complexity index is 682. The van der Waals surface area contributed by atoms with Crippen molar-refractivity contribution in [3.8, 4) is 5.88 Å². The number of carbonyl (C=O) groups excluding carboxylic acids is 1. The number of carboxylic acid groups (broad SMARTS) is 1. The van der Waals surface area contributed by atoms with E-state index < -0.39 is 5.97 Å². The summed E-state index contributed by atoms with van der Waals surface area (Å²) >= 11 is 0. The number of carboxylic acids is 1. The van der Waals surface area contributed by atoms with Crippen molar-refractivity contribution in [1.82, 2.24) is 9.78 Å². The Balaban J connectivity index is 1.96. The van der Waals surface area contributed by atoms with Crippen molar-refractivity contribution >= 4 is 11.9 Å². The maximum atomic E-state index is 11.3. The molecule has 0 aliphatic rings. The number of rotatable bonds is 9. The fraction of sp³-hybridized carbons (Fsp3) is 0.353. The topological polar surface area (TPSA) is 90.7 Å². The van der Waals surface area contributed by atoms with E-state index >= 15 is 0 Å². The second-order valence-electron chi connectivity index (χ2n) is 5.10. The van der Waals surface area contributed by atoms with E-state index in [0.29, 0.717) is 19.6 Å². The summed E-state index contributed by atoms with van der Waals surface area (Å²) < 4.78 is 11.8. The smallest absolute Gasteiger partial charge is 0.342 e. The minimum Gasteiger partial charge on any atom is -0.477 e. The van der Waals surface area contributed by atoms with Gasteiger partial charge in [-0.3, -0.25) is 9.48 Å². The molecule has 1 aromatic carbocycles. The molecule has 0 unspecified atom stereocenters. The van der Waals surface area contributed by atoms with Crippen LogP contribution in [0.4, 0.5) is 0 Å². The number of hydrogen-bond donors (Lipinski definition) is 1. The maximum absolute atomic E-state index is 11.3. The first-order valence-corrected chi connectivity index (χ1v) is 7.73. The van der Waals surface area contributed by atoms with Crippen molar-refractivity contribution in [3.05, 3.63) is 47.7 Å². The standard InChI is InChI=1S/C17H20N2O5/c1-2-23-15(20)9-6-10-19-11-14(17(21)22)16(18-19)24-12-13-7-4-3-5-8-13/h3-5,7-8,11H,2,6,9-10,12H2,1H3,(H,21,22). The van der Waals surface area contributed by atoms with Gasteiger partial charge in [-0.25, -0.2) is 4.79 Å². The van der Waals surface area contributed by atoms with Gasteiger partial charge in [0, 0.05) is 19.2 Å². The Morgan fingerprint density at radius 2 is 2.00 bits per heavy atom. The molecule has 0 aliphatic carbocycles. The molecule has 0 spiro atoms. The molecule has 24 heavy (non-hydrogen) atoms. The van der Waals surface area contributed by atoms with Gasteiger partial charge >= 0.3 is 11.9 Å². The molecule has 0 saturated carbocycles. The molecule has 0 fully saturated rings. The SMILES string of the molecule is CCOC(=O)CCCn1cc(C(=O)O)c(OCc2ccccc2)n1. The van der Waals surface area contributed by atoms with Gasteiger partial charge in [-0.05, 0) is 18.9 Å². The van der Waals surface area contributed by atoms with Crippen LogP contribution in [0.1, 0.15) is 35.7 Å². The monoisotopic (exact) mass is 332 g/mol. The van der Waals surface area contributed by atoms with Gasteiger partial charge in [-0.15, -0.1) is 5.10 Å². The molecular formula is C17H20N2O5. The molecule has 7 heteroatoms. The first-order chi connectivity index (χ1) is 11.6.